The van der Waals surface area contributed by atoms with Crippen LogP contribution in [-0.2, 0) is 0 Å². The fourth-order valence-electron chi connectivity index (χ4n) is 4.04. The van der Waals surface area contributed by atoms with Gasteiger partial charge in [0.05, 0.1) is 6.26 Å². The van der Waals surface area contributed by atoms with Gasteiger partial charge in [-0.25, -0.2) is 0 Å². The lowest BCUT2D eigenvalue weighted by atomic mass is 9.44. The molecule has 0 N–H and O–H groups in total. The van der Waals surface area contributed by atoms with Crippen LogP contribution in [0.5, 0.6) is 0 Å². The molecule has 3 saturated carbocycles. The molecule has 1 aromatic rings. The quantitative estimate of drug-likeness (QED) is 0.676. The average Bonchev–Trinajstić information content (AvgIpc) is 2.81. The molecule has 0 saturated heterocycles. The molecular weight excluding hydrogens is 208 g/mol. The van der Waals surface area contributed by atoms with Gasteiger partial charge in [0.15, 0.2) is 0 Å². The molecule has 1 unspecified atom stereocenters. The van der Waals surface area contributed by atoms with Crippen molar-refractivity contribution in [1.82, 2.24) is 0 Å². The molecule has 4 atom stereocenters. The zero-order valence-electron chi connectivity index (χ0n) is 11.1. The van der Waals surface area contributed by atoms with E-state index in [4.69, 9.17) is 4.42 Å². The summed E-state index contributed by atoms with van der Waals surface area (Å²) >= 11 is 0. The smallest absolute Gasteiger partial charge is 0.107 e. The van der Waals surface area contributed by atoms with Crippen molar-refractivity contribution in [3.8, 4) is 0 Å². The van der Waals surface area contributed by atoms with Gasteiger partial charge in [-0.2, -0.15) is 0 Å². The van der Waals surface area contributed by atoms with E-state index in [1.54, 1.807) is 6.26 Å². The number of hydrogen-bond donors (Lipinski definition) is 0. The molecule has 2 bridgehead atoms. The van der Waals surface area contributed by atoms with Crippen molar-refractivity contribution < 1.29 is 4.42 Å². The summed E-state index contributed by atoms with van der Waals surface area (Å²) in [4.78, 5) is 0. The molecule has 17 heavy (non-hydrogen) atoms. The maximum absolute atomic E-state index is 5.56. The molecule has 4 rings (SSSR count). The second kappa shape index (κ2) is 3.51. The molecule has 0 amide bonds. The standard InChI is InChI=1S/C16H22O/c1-10-13(11(2)15-6-5-7-17-15)8-12-9-14(10)16(12,3)4/h5-7,11-14H,1,8-9H2,2-4H3/t11-,12+,13-,14?/m1/s1. The molecule has 1 aromatic heterocycles. The monoisotopic (exact) mass is 230 g/mol. The van der Waals surface area contributed by atoms with E-state index in [9.17, 15) is 0 Å². The van der Waals surface area contributed by atoms with Crippen LogP contribution in [0.2, 0.25) is 0 Å². The SMILES string of the molecule is C=C1C2C[C@H](C[C@H]1[C@@H](C)c1ccco1)C2(C)C. The lowest BCUT2D eigenvalue weighted by Crippen LogP contribution is -2.52. The summed E-state index contributed by atoms with van der Waals surface area (Å²) in [6, 6.07) is 4.09. The Morgan fingerprint density at radius 2 is 2.18 bits per heavy atom. The lowest BCUT2D eigenvalue weighted by molar-refractivity contribution is -0.0510. The third kappa shape index (κ3) is 1.44. The maximum Gasteiger partial charge on any atom is 0.107 e. The van der Waals surface area contributed by atoms with Crippen molar-refractivity contribution in [1.29, 1.82) is 0 Å². The van der Waals surface area contributed by atoms with E-state index in [2.05, 4.69) is 33.4 Å². The van der Waals surface area contributed by atoms with Crippen LogP contribution in [0.4, 0.5) is 0 Å². The number of hydrogen-bond acceptors (Lipinski definition) is 1. The summed E-state index contributed by atoms with van der Waals surface area (Å²) < 4.78 is 5.56. The highest BCUT2D eigenvalue weighted by atomic mass is 16.3. The highest BCUT2D eigenvalue weighted by molar-refractivity contribution is 5.26. The molecule has 1 heterocycles. The molecule has 3 aliphatic carbocycles. The van der Waals surface area contributed by atoms with Crippen LogP contribution < -0.4 is 0 Å². The van der Waals surface area contributed by atoms with Gasteiger partial charge in [-0.3, -0.25) is 0 Å². The highest BCUT2D eigenvalue weighted by Gasteiger charge is 2.55. The minimum atomic E-state index is 0.485. The Kier molecular flexibility index (Phi) is 2.30. The van der Waals surface area contributed by atoms with Crippen molar-refractivity contribution in [2.24, 2.45) is 23.2 Å². The first kappa shape index (κ1) is 11.1. The predicted molar refractivity (Wildman–Crippen MR) is 69.7 cm³/mol. The Morgan fingerprint density at radius 1 is 1.41 bits per heavy atom. The van der Waals surface area contributed by atoms with E-state index >= 15 is 0 Å². The van der Waals surface area contributed by atoms with Gasteiger partial charge in [0.25, 0.3) is 0 Å². The molecule has 0 spiro atoms. The summed E-state index contributed by atoms with van der Waals surface area (Å²) in [5.41, 5.74) is 1.97. The van der Waals surface area contributed by atoms with Crippen LogP contribution in [0.1, 0.15) is 45.3 Å². The first-order chi connectivity index (χ1) is 8.01. The Hall–Kier alpha value is -0.980. The maximum atomic E-state index is 5.56. The third-order valence-electron chi connectivity index (χ3n) is 5.53. The molecule has 3 fully saturated rings. The Morgan fingerprint density at radius 3 is 2.71 bits per heavy atom. The molecule has 0 aromatic carbocycles. The highest BCUT2D eigenvalue weighted by Crippen LogP contribution is 2.64. The van der Waals surface area contributed by atoms with Gasteiger partial charge in [-0.1, -0.05) is 32.9 Å². The van der Waals surface area contributed by atoms with Crippen molar-refractivity contribution in [2.75, 3.05) is 0 Å². The number of furan rings is 1. The fraction of sp³-hybridized carbons (Fsp3) is 0.625. The summed E-state index contributed by atoms with van der Waals surface area (Å²) in [6.45, 7) is 11.5. The van der Waals surface area contributed by atoms with Crippen LogP contribution in [-0.4, -0.2) is 0 Å². The van der Waals surface area contributed by atoms with Gasteiger partial charge >= 0.3 is 0 Å². The zero-order valence-corrected chi connectivity index (χ0v) is 11.1. The summed E-state index contributed by atoms with van der Waals surface area (Å²) in [5, 5.41) is 0. The van der Waals surface area contributed by atoms with Gasteiger partial charge < -0.3 is 4.42 Å². The molecular formula is C16H22O. The summed E-state index contributed by atoms with van der Waals surface area (Å²) in [5.74, 6) is 3.86. The van der Waals surface area contributed by atoms with Crippen LogP contribution in [0.15, 0.2) is 35.0 Å². The van der Waals surface area contributed by atoms with E-state index in [1.165, 1.54) is 18.4 Å². The minimum absolute atomic E-state index is 0.485. The first-order valence-electron chi connectivity index (χ1n) is 6.74. The molecule has 1 nitrogen and oxygen atoms in total. The zero-order chi connectivity index (χ0) is 12.2. The van der Waals surface area contributed by atoms with Crippen molar-refractivity contribution in [2.45, 2.75) is 39.5 Å². The minimum Gasteiger partial charge on any atom is -0.469 e. The van der Waals surface area contributed by atoms with Crippen LogP contribution in [0.3, 0.4) is 0 Å². The number of rotatable bonds is 2. The Labute approximate surface area is 104 Å². The lowest BCUT2D eigenvalue weighted by Gasteiger charge is -2.60. The van der Waals surface area contributed by atoms with Crippen LogP contribution in [0.25, 0.3) is 0 Å². The van der Waals surface area contributed by atoms with Gasteiger partial charge in [-0.15, -0.1) is 0 Å². The molecule has 92 valence electrons. The molecule has 0 radical (unpaired) electrons. The second-order valence-electron chi connectivity index (χ2n) is 6.53. The molecule has 3 aliphatic rings. The first-order valence-corrected chi connectivity index (χ1v) is 6.74. The summed E-state index contributed by atoms with van der Waals surface area (Å²) in [6.07, 6.45) is 4.44. The Bertz CT molecular complexity index is 426. The van der Waals surface area contributed by atoms with E-state index in [0.717, 1.165) is 17.6 Å². The third-order valence-corrected chi connectivity index (χ3v) is 5.53. The topological polar surface area (TPSA) is 13.1 Å². The van der Waals surface area contributed by atoms with E-state index in [-0.39, 0.29) is 0 Å². The summed E-state index contributed by atoms with van der Waals surface area (Å²) in [7, 11) is 0. The molecule has 1 heteroatoms. The van der Waals surface area contributed by atoms with E-state index in [1.807, 2.05) is 6.07 Å². The Balaban J connectivity index is 1.81. The van der Waals surface area contributed by atoms with Gasteiger partial charge in [0.1, 0.15) is 5.76 Å². The number of allylic oxidation sites excluding steroid dienone is 1. The van der Waals surface area contributed by atoms with Crippen LogP contribution in [0, 0.1) is 23.2 Å². The normalized spacial score (nSPS) is 36.4. The molecule has 0 aliphatic heterocycles. The predicted octanol–water partition coefficient (Wildman–Crippen LogP) is 4.62. The van der Waals surface area contributed by atoms with Crippen LogP contribution >= 0.6 is 0 Å². The average molecular weight is 230 g/mol. The number of fused-ring (bicyclic) bond motifs is 2. The van der Waals surface area contributed by atoms with E-state index < -0.39 is 0 Å². The van der Waals surface area contributed by atoms with Gasteiger partial charge in [-0.05, 0) is 48.1 Å². The van der Waals surface area contributed by atoms with Crippen molar-refractivity contribution >= 4 is 0 Å². The largest absolute Gasteiger partial charge is 0.469 e. The second-order valence-corrected chi connectivity index (χ2v) is 6.53. The van der Waals surface area contributed by atoms with Crippen molar-refractivity contribution in [3.63, 3.8) is 0 Å². The fourth-order valence-corrected chi connectivity index (χ4v) is 4.04. The van der Waals surface area contributed by atoms with E-state index in [0.29, 0.717) is 17.3 Å². The van der Waals surface area contributed by atoms with Gasteiger partial charge in [0, 0.05) is 5.92 Å². The van der Waals surface area contributed by atoms with Crippen molar-refractivity contribution in [3.05, 3.63) is 36.3 Å². The van der Waals surface area contributed by atoms with Gasteiger partial charge in [0.2, 0.25) is 0 Å².